The molecular formula is C19H22O2S2. The van der Waals surface area contributed by atoms with Crippen molar-refractivity contribution >= 4 is 24.1 Å². The van der Waals surface area contributed by atoms with Crippen LogP contribution in [0.15, 0.2) is 58.3 Å². The summed E-state index contributed by atoms with van der Waals surface area (Å²) >= 11 is 2.93. The topological polar surface area (TPSA) is 18.5 Å². The van der Waals surface area contributed by atoms with E-state index >= 15 is 0 Å². The number of rotatable bonds is 8. The van der Waals surface area contributed by atoms with Gasteiger partial charge in [0.25, 0.3) is 0 Å². The van der Waals surface area contributed by atoms with Gasteiger partial charge in [0.05, 0.1) is 13.2 Å². The lowest BCUT2D eigenvalue weighted by atomic mass is 10.1. The normalized spacial score (nSPS) is 15.6. The average Bonchev–Trinajstić information content (AvgIpc) is 3.31. The molecule has 0 spiro atoms. The highest BCUT2D eigenvalue weighted by Crippen LogP contribution is 2.48. The van der Waals surface area contributed by atoms with E-state index < -0.39 is 0 Å². The molecule has 2 aromatic rings. The van der Waals surface area contributed by atoms with E-state index in [0.29, 0.717) is 0 Å². The van der Waals surface area contributed by atoms with Gasteiger partial charge < -0.3 is 8.37 Å². The maximum atomic E-state index is 5.83. The molecule has 4 heteroatoms. The molecule has 0 unspecified atom stereocenters. The van der Waals surface area contributed by atoms with E-state index in [0.717, 1.165) is 23.0 Å². The second-order valence-electron chi connectivity index (χ2n) is 6.32. The zero-order chi connectivity index (χ0) is 16.1. The summed E-state index contributed by atoms with van der Waals surface area (Å²) in [4.78, 5) is 2.31. The molecule has 0 atom stereocenters. The average molecular weight is 347 g/mol. The van der Waals surface area contributed by atoms with Gasteiger partial charge in [-0.05, 0) is 51.0 Å². The standard InChI is InChI=1S/C19H22O2S2/c1-15-3-7-17(8-4-15)22-20-13-19(11-12-19)14-21-23-18-9-5-16(2)6-10-18/h3-10H,11-14H2,1-2H3. The first-order chi connectivity index (χ1) is 11.2. The van der Waals surface area contributed by atoms with Crippen LogP contribution in [0.3, 0.4) is 0 Å². The molecule has 1 aliphatic rings. The van der Waals surface area contributed by atoms with Crippen molar-refractivity contribution in [2.24, 2.45) is 5.41 Å². The fourth-order valence-electron chi connectivity index (χ4n) is 2.14. The predicted octanol–water partition coefficient (Wildman–Crippen LogP) is 5.83. The molecule has 3 rings (SSSR count). The molecule has 1 aliphatic carbocycles. The van der Waals surface area contributed by atoms with Crippen molar-refractivity contribution in [3.05, 3.63) is 59.7 Å². The molecular weight excluding hydrogens is 324 g/mol. The fraction of sp³-hybridized carbons (Fsp3) is 0.368. The Morgan fingerprint density at radius 3 is 1.48 bits per heavy atom. The SMILES string of the molecule is Cc1ccc(SOCC2(COSc3ccc(C)cc3)CC2)cc1. The van der Waals surface area contributed by atoms with Crippen molar-refractivity contribution in [2.75, 3.05) is 13.2 Å². The van der Waals surface area contributed by atoms with Crippen LogP contribution in [0, 0.1) is 19.3 Å². The van der Waals surface area contributed by atoms with Gasteiger partial charge >= 0.3 is 0 Å². The Bertz CT molecular complexity index is 565. The van der Waals surface area contributed by atoms with Crippen molar-refractivity contribution in [1.29, 1.82) is 0 Å². The van der Waals surface area contributed by atoms with Crippen molar-refractivity contribution in [3.63, 3.8) is 0 Å². The van der Waals surface area contributed by atoms with Crippen LogP contribution in [0.25, 0.3) is 0 Å². The molecule has 1 saturated carbocycles. The van der Waals surface area contributed by atoms with Crippen LogP contribution in [0.4, 0.5) is 0 Å². The summed E-state index contributed by atoms with van der Waals surface area (Å²) in [6.45, 7) is 5.69. The van der Waals surface area contributed by atoms with Crippen LogP contribution in [0.2, 0.25) is 0 Å². The molecule has 0 aromatic heterocycles. The fourth-order valence-corrected chi connectivity index (χ4v) is 3.52. The van der Waals surface area contributed by atoms with Crippen molar-refractivity contribution in [2.45, 2.75) is 36.5 Å². The van der Waals surface area contributed by atoms with Crippen molar-refractivity contribution < 1.29 is 8.37 Å². The van der Waals surface area contributed by atoms with Crippen LogP contribution >= 0.6 is 24.1 Å². The minimum Gasteiger partial charge on any atom is -0.310 e. The Morgan fingerprint density at radius 1 is 0.739 bits per heavy atom. The van der Waals surface area contributed by atoms with Crippen LogP contribution in [-0.2, 0) is 8.37 Å². The van der Waals surface area contributed by atoms with Crippen LogP contribution in [0.5, 0.6) is 0 Å². The molecule has 1 fully saturated rings. The van der Waals surface area contributed by atoms with Crippen molar-refractivity contribution in [3.8, 4) is 0 Å². The Hall–Kier alpha value is -0.940. The Labute approximate surface area is 147 Å². The summed E-state index contributed by atoms with van der Waals surface area (Å²) in [6.07, 6.45) is 2.38. The summed E-state index contributed by atoms with van der Waals surface area (Å²) in [5, 5.41) is 0. The lowest BCUT2D eigenvalue weighted by Gasteiger charge is -2.14. The summed E-state index contributed by atoms with van der Waals surface area (Å²) < 4.78 is 11.7. The van der Waals surface area contributed by atoms with Gasteiger partial charge in [-0.2, -0.15) is 0 Å². The molecule has 0 radical (unpaired) electrons. The van der Waals surface area contributed by atoms with Crippen LogP contribution in [0.1, 0.15) is 24.0 Å². The first kappa shape index (κ1) is 16.9. The highest BCUT2D eigenvalue weighted by atomic mass is 32.2. The maximum absolute atomic E-state index is 5.83. The second kappa shape index (κ2) is 7.75. The van der Waals surface area contributed by atoms with Gasteiger partial charge in [-0.15, -0.1) is 0 Å². The lowest BCUT2D eigenvalue weighted by Crippen LogP contribution is -2.14. The van der Waals surface area contributed by atoms with Gasteiger partial charge in [-0.25, -0.2) is 0 Å². The van der Waals surface area contributed by atoms with Gasteiger partial charge in [0.1, 0.15) is 0 Å². The smallest absolute Gasteiger partial charge is 0.0697 e. The summed E-state index contributed by atoms with van der Waals surface area (Å²) in [7, 11) is 0. The first-order valence-corrected chi connectivity index (χ1v) is 9.36. The first-order valence-electron chi connectivity index (χ1n) is 7.88. The zero-order valence-corrected chi connectivity index (χ0v) is 15.2. The van der Waals surface area contributed by atoms with E-state index in [2.05, 4.69) is 62.4 Å². The molecule has 0 heterocycles. The van der Waals surface area contributed by atoms with Crippen LogP contribution in [-0.4, -0.2) is 13.2 Å². The Balaban J connectivity index is 1.38. The third kappa shape index (κ3) is 5.28. The minimum absolute atomic E-state index is 0.218. The minimum atomic E-state index is 0.218. The van der Waals surface area contributed by atoms with E-state index in [4.69, 9.17) is 8.37 Å². The van der Waals surface area contributed by atoms with Gasteiger partial charge in [-0.1, -0.05) is 35.4 Å². The lowest BCUT2D eigenvalue weighted by molar-refractivity contribution is 0.194. The summed E-state index contributed by atoms with van der Waals surface area (Å²) in [5.74, 6) is 0. The van der Waals surface area contributed by atoms with E-state index in [9.17, 15) is 0 Å². The van der Waals surface area contributed by atoms with Gasteiger partial charge in [0.2, 0.25) is 0 Å². The molecule has 122 valence electrons. The number of aryl methyl sites for hydroxylation is 2. The highest BCUT2D eigenvalue weighted by molar-refractivity contribution is 7.95. The molecule has 2 aromatic carbocycles. The van der Waals surface area contributed by atoms with Gasteiger partial charge in [0, 0.05) is 39.3 Å². The van der Waals surface area contributed by atoms with Crippen molar-refractivity contribution in [1.82, 2.24) is 0 Å². The molecule has 0 N–H and O–H groups in total. The largest absolute Gasteiger partial charge is 0.310 e. The number of benzene rings is 2. The quantitative estimate of drug-likeness (QED) is 0.559. The van der Waals surface area contributed by atoms with Crippen LogP contribution < -0.4 is 0 Å². The third-order valence-electron chi connectivity index (χ3n) is 4.04. The van der Waals surface area contributed by atoms with E-state index in [-0.39, 0.29) is 5.41 Å². The molecule has 2 nitrogen and oxygen atoms in total. The number of hydrogen-bond donors (Lipinski definition) is 0. The second-order valence-corrected chi connectivity index (χ2v) is 8.06. The molecule has 0 amide bonds. The Morgan fingerprint density at radius 2 is 1.13 bits per heavy atom. The van der Waals surface area contributed by atoms with Gasteiger partial charge in [-0.3, -0.25) is 0 Å². The zero-order valence-electron chi connectivity index (χ0n) is 13.6. The van der Waals surface area contributed by atoms with E-state index in [1.165, 1.54) is 48.1 Å². The van der Waals surface area contributed by atoms with Gasteiger partial charge in [0.15, 0.2) is 0 Å². The maximum Gasteiger partial charge on any atom is 0.0697 e. The van der Waals surface area contributed by atoms with E-state index in [1.54, 1.807) is 0 Å². The number of hydrogen-bond acceptors (Lipinski definition) is 4. The summed E-state index contributed by atoms with van der Waals surface area (Å²) in [6, 6.07) is 16.8. The predicted molar refractivity (Wildman–Crippen MR) is 97.6 cm³/mol. The molecule has 0 bridgehead atoms. The monoisotopic (exact) mass is 346 g/mol. The third-order valence-corrected chi connectivity index (χ3v) is 5.44. The Kier molecular flexibility index (Phi) is 5.70. The summed E-state index contributed by atoms with van der Waals surface area (Å²) in [5.41, 5.74) is 2.76. The molecule has 0 aliphatic heterocycles. The highest BCUT2D eigenvalue weighted by Gasteiger charge is 2.43. The molecule has 0 saturated heterocycles. The molecule has 23 heavy (non-hydrogen) atoms. The van der Waals surface area contributed by atoms with E-state index in [1.807, 2.05) is 0 Å².